The number of rotatable bonds is 2. The number of methoxy groups -OCH3 is 1. The summed E-state index contributed by atoms with van der Waals surface area (Å²) >= 11 is 5.60. The van der Waals surface area contributed by atoms with Gasteiger partial charge in [0.15, 0.2) is 0 Å². The number of Topliss-reactive ketones (excluding diaryl/α,β-unsaturated/α-hetero) is 1. The average Bonchev–Trinajstić information content (AvgIpc) is 2.29. The largest absolute Gasteiger partial charge is 0.463 e. The third-order valence-electron chi connectivity index (χ3n) is 1.79. The van der Waals surface area contributed by atoms with Gasteiger partial charge in [-0.15, -0.1) is 0 Å². The van der Waals surface area contributed by atoms with E-state index >= 15 is 0 Å². The maximum atomic E-state index is 13.3. The molecule has 0 radical (unpaired) electrons. The molecule has 0 bridgehead atoms. The third kappa shape index (κ3) is 2.18. The quantitative estimate of drug-likeness (QED) is 0.449. The van der Waals surface area contributed by atoms with Crippen molar-refractivity contribution >= 4 is 23.4 Å². The van der Waals surface area contributed by atoms with Crippen molar-refractivity contribution in [3.8, 4) is 6.07 Å². The van der Waals surface area contributed by atoms with Crippen LogP contribution in [0, 0.1) is 17.1 Å². The molecule has 0 heterocycles. The van der Waals surface area contributed by atoms with E-state index in [2.05, 4.69) is 4.74 Å². The van der Waals surface area contributed by atoms with Gasteiger partial charge in [-0.05, 0) is 12.1 Å². The van der Waals surface area contributed by atoms with Gasteiger partial charge in [-0.2, -0.15) is 5.26 Å². The monoisotopic (exact) mass is 241 g/mol. The molecule has 0 N–H and O–H groups in total. The summed E-state index contributed by atoms with van der Waals surface area (Å²) in [7, 11) is 1.00. The van der Waals surface area contributed by atoms with Gasteiger partial charge in [-0.25, -0.2) is 9.18 Å². The zero-order chi connectivity index (χ0) is 12.3. The molecule has 0 atom stereocenters. The lowest BCUT2D eigenvalue weighted by atomic mass is 10.1. The van der Waals surface area contributed by atoms with Gasteiger partial charge in [-0.1, -0.05) is 11.6 Å². The number of hydrogen-bond donors (Lipinski definition) is 0. The predicted octanol–water partition coefficient (Wildman–Crippen LogP) is 1.71. The number of nitrogens with zero attached hydrogens (tertiary/aromatic N) is 1. The van der Waals surface area contributed by atoms with E-state index in [9.17, 15) is 14.0 Å². The first-order chi connectivity index (χ1) is 7.51. The summed E-state index contributed by atoms with van der Waals surface area (Å²) in [4.78, 5) is 22.2. The molecule has 0 amide bonds. The molecule has 1 rings (SSSR count). The van der Waals surface area contributed by atoms with Gasteiger partial charge in [0.25, 0.3) is 5.78 Å². The standard InChI is InChI=1S/C10H5ClFNO3/c1-16-10(15)9(14)6-3-7(11)5(4-13)2-8(6)12/h2-3H,1H3. The number of halogens is 2. The smallest absolute Gasteiger partial charge is 0.379 e. The molecule has 1 aromatic carbocycles. The van der Waals surface area contributed by atoms with Crippen LogP contribution < -0.4 is 0 Å². The number of esters is 1. The van der Waals surface area contributed by atoms with Crippen molar-refractivity contribution in [2.45, 2.75) is 0 Å². The zero-order valence-corrected chi connectivity index (χ0v) is 8.84. The molecular formula is C10H5ClFNO3. The Bertz CT molecular complexity index is 508. The minimum atomic E-state index is -1.19. The number of ketones is 1. The summed E-state index contributed by atoms with van der Waals surface area (Å²) in [5.74, 6) is -3.33. The van der Waals surface area contributed by atoms with Crippen LogP contribution in [0.15, 0.2) is 12.1 Å². The molecule has 4 nitrogen and oxygen atoms in total. The second-order valence-electron chi connectivity index (χ2n) is 2.74. The van der Waals surface area contributed by atoms with Crippen LogP contribution in [0.3, 0.4) is 0 Å². The van der Waals surface area contributed by atoms with Crippen molar-refractivity contribution < 1.29 is 18.7 Å². The van der Waals surface area contributed by atoms with Crippen LogP contribution in [-0.2, 0) is 9.53 Å². The predicted molar refractivity (Wildman–Crippen MR) is 52.5 cm³/mol. The maximum Gasteiger partial charge on any atom is 0.379 e. The van der Waals surface area contributed by atoms with E-state index in [0.717, 1.165) is 19.2 Å². The summed E-state index contributed by atoms with van der Waals surface area (Å²) in [6.07, 6.45) is 0. The van der Waals surface area contributed by atoms with Crippen molar-refractivity contribution in [1.29, 1.82) is 5.26 Å². The van der Waals surface area contributed by atoms with Crippen LogP contribution >= 0.6 is 11.6 Å². The fourth-order valence-corrected chi connectivity index (χ4v) is 1.22. The molecule has 1 aromatic rings. The molecule has 0 saturated heterocycles. The molecule has 82 valence electrons. The van der Waals surface area contributed by atoms with Gasteiger partial charge in [-0.3, -0.25) is 4.79 Å². The highest BCUT2D eigenvalue weighted by atomic mass is 35.5. The first kappa shape index (κ1) is 12.1. The highest BCUT2D eigenvalue weighted by Crippen LogP contribution is 2.20. The lowest BCUT2D eigenvalue weighted by Crippen LogP contribution is -2.17. The molecule has 0 fully saturated rings. The summed E-state index contributed by atoms with van der Waals surface area (Å²) in [5, 5.41) is 8.45. The molecule has 0 spiro atoms. The Morgan fingerprint density at radius 3 is 2.62 bits per heavy atom. The van der Waals surface area contributed by atoms with Crippen LogP contribution in [0.2, 0.25) is 5.02 Å². The maximum absolute atomic E-state index is 13.3. The van der Waals surface area contributed by atoms with Crippen molar-refractivity contribution in [2.24, 2.45) is 0 Å². The number of carbonyl (C=O) groups excluding carboxylic acids is 2. The van der Waals surface area contributed by atoms with E-state index in [-0.39, 0.29) is 10.6 Å². The molecule has 0 aliphatic rings. The molecule has 6 heteroatoms. The van der Waals surface area contributed by atoms with E-state index in [1.165, 1.54) is 0 Å². The van der Waals surface area contributed by atoms with Gasteiger partial charge in [0, 0.05) is 0 Å². The van der Waals surface area contributed by atoms with Gasteiger partial charge in [0.1, 0.15) is 11.9 Å². The first-order valence-electron chi connectivity index (χ1n) is 4.03. The highest BCUT2D eigenvalue weighted by Gasteiger charge is 2.22. The second kappa shape index (κ2) is 4.73. The van der Waals surface area contributed by atoms with Crippen LogP contribution in [0.5, 0.6) is 0 Å². The fraction of sp³-hybridized carbons (Fsp3) is 0.100. The lowest BCUT2D eigenvalue weighted by Gasteiger charge is -2.02. The van der Waals surface area contributed by atoms with Crippen LogP contribution in [0.25, 0.3) is 0 Å². The van der Waals surface area contributed by atoms with Crippen molar-refractivity contribution in [3.05, 3.63) is 34.1 Å². The fourth-order valence-electron chi connectivity index (χ4n) is 1.01. The van der Waals surface area contributed by atoms with Crippen LogP contribution in [0.4, 0.5) is 4.39 Å². The Kier molecular flexibility index (Phi) is 3.59. The third-order valence-corrected chi connectivity index (χ3v) is 2.11. The van der Waals surface area contributed by atoms with Crippen molar-refractivity contribution in [3.63, 3.8) is 0 Å². The number of nitriles is 1. The molecule has 0 aliphatic heterocycles. The Hall–Kier alpha value is -1.93. The minimum Gasteiger partial charge on any atom is -0.463 e. The SMILES string of the molecule is COC(=O)C(=O)c1cc(Cl)c(C#N)cc1F. The summed E-state index contributed by atoms with van der Waals surface area (Å²) in [6.45, 7) is 0. The number of carbonyl (C=O) groups is 2. The van der Waals surface area contributed by atoms with Gasteiger partial charge < -0.3 is 4.74 Å². The number of benzene rings is 1. The van der Waals surface area contributed by atoms with Gasteiger partial charge in [0.2, 0.25) is 0 Å². The van der Waals surface area contributed by atoms with Crippen LogP contribution in [-0.4, -0.2) is 18.9 Å². The van der Waals surface area contributed by atoms with Crippen molar-refractivity contribution in [2.75, 3.05) is 7.11 Å². The minimum absolute atomic E-state index is 0.101. The van der Waals surface area contributed by atoms with Gasteiger partial charge in [0.05, 0.1) is 23.3 Å². The normalized spacial score (nSPS) is 9.38. The Morgan fingerprint density at radius 2 is 2.12 bits per heavy atom. The van der Waals surface area contributed by atoms with E-state index in [0.29, 0.717) is 0 Å². The Labute approximate surface area is 95.2 Å². The molecule has 0 aromatic heterocycles. The van der Waals surface area contributed by atoms with E-state index < -0.39 is 23.1 Å². The summed E-state index contributed by atoms with van der Waals surface area (Å²) < 4.78 is 17.5. The summed E-state index contributed by atoms with van der Waals surface area (Å²) in [5.41, 5.74) is -0.628. The molecule has 16 heavy (non-hydrogen) atoms. The molecular weight excluding hydrogens is 237 g/mol. The van der Waals surface area contributed by atoms with E-state index in [1.54, 1.807) is 6.07 Å². The van der Waals surface area contributed by atoms with Crippen LogP contribution in [0.1, 0.15) is 15.9 Å². The average molecular weight is 242 g/mol. The van der Waals surface area contributed by atoms with E-state index in [1.807, 2.05) is 0 Å². The molecule has 0 unspecified atom stereocenters. The van der Waals surface area contributed by atoms with Gasteiger partial charge >= 0.3 is 5.97 Å². The zero-order valence-electron chi connectivity index (χ0n) is 8.08. The summed E-state index contributed by atoms with van der Waals surface area (Å²) in [6, 6.07) is 3.36. The van der Waals surface area contributed by atoms with E-state index in [4.69, 9.17) is 16.9 Å². The number of ether oxygens (including phenoxy) is 1. The number of hydrogen-bond acceptors (Lipinski definition) is 4. The Morgan fingerprint density at radius 1 is 1.50 bits per heavy atom. The first-order valence-corrected chi connectivity index (χ1v) is 4.40. The molecule has 0 aliphatic carbocycles. The lowest BCUT2D eigenvalue weighted by molar-refractivity contribution is -0.135. The molecule has 0 saturated carbocycles. The van der Waals surface area contributed by atoms with Crippen molar-refractivity contribution in [1.82, 2.24) is 0 Å². The highest BCUT2D eigenvalue weighted by molar-refractivity contribution is 6.41. The topological polar surface area (TPSA) is 67.2 Å². The second-order valence-corrected chi connectivity index (χ2v) is 3.15. The Balaban J connectivity index is 3.28.